The van der Waals surface area contributed by atoms with Gasteiger partial charge in [-0.3, -0.25) is 0 Å². The first-order valence-electron chi connectivity index (χ1n) is 6.50. The quantitative estimate of drug-likeness (QED) is 0.853. The van der Waals surface area contributed by atoms with Gasteiger partial charge in [-0.05, 0) is 19.1 Å². The first-order valence-corrected chi connectivity index (χ1v) is 6.50. The van der Waals surface area contributed by atoms with Gasteiger partial charge in [0.2, 0.25) is 0 Å². The highest BCUT2D eigenvalue weighted by Crippen LogP contribution is 2.31. The number of hydrogen-bond acceptors (Lipinski definition) is 4. The Morgan fingerprint density at radius 2 is 2.14 bits per heavy atom. The number of aromatic nitrogens is 2. The minimum Gasteiger partial charge on any atom is -0.493 e. The number of nitrogens with zero attached hydrogens (tertiary/aromatic N) is 2. The fraction of sp³-hybridized carbons (Fsp3) is 0.357. The molecule has 2 rings (SSSR count). The highest BCUT2D eigenvalue weighted by molar-refractivity contribution is 5.54. The summed E-state index contributed by atoms with van der Waals surface area (Å²) in [4.78, 5) is 4.23. The Hall–Kier alpha value is -2.31. The second kappa shape index (κ2) is 6.92. The van der Waals surface area contributed by atoms with Gasteiger partial charge in [0, 0.05) is 30.7 Å². The molecule has 0 aliphatic heterocycles. The molecule has 0 fully saturated rings. The van der Waals surface area contributed by atoms with Crippen molar-refractivity contribution in [1.29, 1.82) is 0 Å². The second-order valence-electron chi connectivity index (χ2n) is 4.23. The normalized spacial score (nSPS) is 10.7. The smallest absolute Gasteiger partial charge is 0.387 e. The van der Waals surface area contributed by atoms with Crippen LogP contribution in [0.5, 0.6) is 11.5 Å². The van der Waals surface area contributed by atoms with E-state index in [2.05, 4.69) is 15.0 Å². The van der Waals surface area contributed by atoms with E-state index in [0.717, 1.165) is 12.4 Å². The Labute approximate surface area is 121 Å². The van der Waals surface area contributed by atoms with Crippen LogP contribution in [0.15, 0.2) is 30.6 Å². The average molecular weight is 297 g/mol. The summed E-state index contributed by atoms with van der Waals surface area (Å²) in [6.45, 7) is 0.432. The van der Waals surface area contributed by atoms with E-state index in [1.54, 1.807) is 18.3 Å². The Morgan fingerprint density at radius 1 is 1.33 bits per heavy atom. The zero-order chi connectivity index (χ0) is 15.2. The van der Waals surface area contributed by atoms with Crippen molar-refractivity contribution in [3.63, 3.8) is 0 Å². The van der Waals surface area contributed by atoms with Crippen molar-refractivity contribution in [2.24, 2.45) is 0 Å². The molecule has 0 saturated heterocycles. The van der Waals surface area contributed by atoms with Crippen LogP contribution >= 0.6 is 0 Å². The molecule has 0 atom stereocenters. The van der Waals surface area contributed by atoms with Gasteiger partial charge in [0.05, 0.1) is 13.7 Å². The molecular weight excluding hydrogens is 280 g/mol. The van der Waals surface area contributed by atoms with E-state index in [4.69, 9.17) is 4.74 Å². The molecule has 0 aliphatic rings. The third-order valence-corrected chi connectivity index (χ3v) is 2.97. The molecular formula is C14H17F2N3O2. The highest BCUT2D eigenvalue weighted by atomic mass is 19.3. The molecule has 0 amide bonds. The lowest BCUT2D eigenvalue weighted by atomic mass is 10.2. The van der Waals surface area contributed by atoms with Crippen LogP contribution in [0.2, 0.25) is 0 Å². The predicted molar refractivity (Wildman–Crippen MR) is 74.9 cm³/mol. The van der Waals surface area contributed by atoms with Gasteiger partial charge in [0.25, 0.3) is 0 Å². The topological polar surface area (TPSA) is 48.3 Å². The lowest BCUT2D eigenvalue weighted by Crippen LogP contribution is -2.08. The number of nitrogens with one attached hydrogen (secondary N) is 1. The van der Waals surface area contributed by atoms with Gasteiger partial charge in [-0.1, -0.05) is 0 Å². The number of imidazole rings is 1. The SMILES string of the molecule is CCn1ccnc1CNc1ccc(OC)c(OC(F)F)c1. The van der Waals surface area contributed by atoms with Crippen molar-refractivity contribution in [3.05, 3.63) is 36.4 Å². The minimum atomic E-state index is -2.90. The molecule has 0 spiro atoms. The first kappa shape index (κ1) is 15.1. The van der Waals surface area contributed by atoms with Gasteiger partial charge < -0.3 is 19.4 Å². The number of hydrogen-bond donors (Lipinski definition) is 1. The third kappa shape index (κ3) is 3.84. The molecule has 1 N–H and O–H groups in total. The molecule has 0 aliphatic carbocycles. The van der Waals surface area contributed by atoms with E-state index in [1.165, 1.54) is 13.2 Å². The van der Waals surface area contributed by atoms with Crippen LogP contribution in [-0.4, -0.2) is 23.3 Å². The Morgan fingerprint density at radius 3 is 2.81 bits per heavy atom. The van der Waals surface area contributed by atoms with E-state index in [9.17, 15) is 8.78 Å². The largest absolute Gasteiger partial charge is 0.493 e. The van der Waals surface area contributed by atoms with Crippen LogP contribution in [0.1, 0.15) is 12.7 Å². The summed E-state index contributed by atoms with van der Waals surface area (Å²) >= 11 is 0. The van der Waals surface area contributed by atoms with Crippen molar-refractivity contribution in [2.45, 2.75) is 26.6 Å². The van der Waals surface area contributed by atoms with Gasteiger partial charge in [0.1, 0.15) is 5.82 Å². The first-order chi connectivity index (χ1) is 10.1. The van der Waals surface area contributed by atoms with Gasteiger partial charge in [-0.25, -0.2) is 4.98 Å². The molecule has 5 nitrogen and oxygen atoms in total. The summed E-state index contributed by atoms with van der Waals surface area (Å²) < 4.78 is 36.1. The maximum atomic E-state index is 12.4. The molecule has 0 saturated carbocycles. The number of anilines is 1. The van der Waals surface area contributed by atoms with Crippen LogP contribution in [0.3, 0.4) is 0 Å². The minimum absolute atomic E-state index is 0.00340. The van der Waals surface area contributed by atoms with Crippen LogP contribution in [0.25, 0.3) is 0 Å². The molecule has 1 aromatic heterocycles. The van der Waals surface area contributed by atoms with Gasteiger partial charge in [-0.2, -0.15) is 8.78 Å². The van der Waals surface area contributed by atoms with Gasteiger partial charge >= 0.3 is 6.61 Å². The zero-order valence-electron chi connectivity index (χ0n) is 11.8. The van der Waals surface area contributed by atoms with E-state index < -0.39 is 6.61 Å². The maximum absolute atomic E-state index is 12.4. The molecule has 2 aromatic rings. The fourth-order valence-electron chi connectivity index (χ4n) is 1.95. The van der Waals surface area contributed by atoms with Gasteiger partial charge in [0.15, 0.2) is 11.5 Å². The molecule has 1 aromatic carbocycles. The molecule has 0 unspecified atom stereocenters. The van der Waals surface area contributed by atoms with E-state index >= 15 is 0 Å². The summed E-state index contributed by atoms with van der Waals surface area (Å²) in [5.74, 6) is 1.12. The van der Waals surface area contributed by atoms with Crippen LogP contribution < -0.4 is 14.8 Å². The Bertz CT molecular complexity index is 587. The number of aryl methyl sites for hydroxylation is 1. The number of rotatable bonds is 7. The molecule has 0 radical (unpaired) electrons. The molecule has 21 heavy (non-hydrogen) atoms. The van der Waals surface area contributed by atoms with Crippen molar-refractivity contribution >= 4 is 5.69 Å². The van der Waals surface area contributed by atoms with Crippen molar-refractivity contribution < 1.29 is 18.3 Å². The summed E-state index contributed by atoms with van der Waals surface area (Å²) in [5.41, 5.74) is 0.650. The monoisotopic (exact) mass is 297 g/mol. The summed E-state index contributed by atoms with van der Waals surface area (Å²) in [5, 5.41) is 3.12. The number of alkyl halides is 2. The second-order valence-corrected chi connectivity index (χ2v) is 4.23. The molecule has 7 heteroatoms. The maximum Gasteiger partial charge on any atom is 0.387 e. The number of benzene rings is 1. The Kier molecular flexibility index (Phi) is 4.97. The van der Waals surface area contributed by atoms with Crippen LogP contribution in [0.4, 0.5) is 14.5 Å². The van der Waals surface area contributed by atoms with Crippen LogP contribution in [-0.2, 0) is 13.1 Å². The van der Waals surface area contributed by atoms with Crippen molar-refractivity contribution in [3.8, 4) is 11.5 Å². The molecule has 1 heterocycles. The number of methoxy groups -OCH3 is 1. The average Bonchev–Trinajstić information content (AvgIpc) is 2.92. The predicted octanol–water partition coefficient (Wildman–Crippen LogP) is 3.13. The Balaban J connectivity index is 2.09. The van der Waals surface area contributed by atoms with Gasteiger partial charge in [-0.15, -0.1) is 0 Å². The van der Waals surface area contributed by atoms with E-state index in [0.29, 0.717) is 12.2 Å². The lowest BCUT2D eigenvalue weighted by molar-refractivity contribution is -0.0511. The number of halogens is 2. The summed E-state index contributed by atoms with van der Waals surface area (Å²) in [6.07, 6.45) is 3.61. The summed E-state index contributed by atoms with van der Waals surface area (Å²) in [6, 6.07) is 4.78. The molecule has 114 valence electrons. The van der Waals surface area contributed by atoms with E-state index in [-0.39, 0.29) is 11.5 Å². The molecule has 0 bridgehead atoms. The van der Waals surface area contributed by atoms with Crippen molar-refractivity contribution in [2.75, 3.05) is 12.4 Å². The fourth-order valence-corrected chi connectivity index (χ4v) is 1.95. The standard InChI is InChI=1S/C14H17F2N3O2/c1-3-19-7-6-17-13(19)9-18-10-4-5-11(20-2)12(8-10)21-14(15)16/h4-8,14,18H,3,9H2,1-2H3. The summed E-state index contributed by atoms with van der Waals surface area (Å²) in [7, 11) is 1.40. The van der Waals surface area contributed by atoms with E-state index in [1.807, 2.05) is 17.7 Å². The van der Waals surface area contributed by atoms with Crippen molar-refractivity contribution in [1.82, 2.24) is 9.55 Å². The lowest BCUT2D eigenvalue weighted by Gasteiger charge is -2.13. The van der Waals surface area contributed by atoms with Crippen LogP contribution in [0, 0.1) is 0 Å². The number of ether oxygens (including phenoxy) is 2. The third-order valence-electron chi connectivity index (χ3n) is 2.97. The highest BCUT2D eigenvalue weighted by Gasteiger charge is 2.11. The zero-order valence-corrected chi connectivity index (χ0v) is 11.8.